The molecule has 0 saturated heterocycles. The number of amides is 1. The number of benzene rings is 1. The van der Waals surface area contributed by atoms with Crippen LogP contribution in [0.15, 0.2) is 18.2 Å². The van der Waals surface area contributed by atoms with Crippen LogP contribution in [0, 0.1) is 13.8 Å². The molecular weight excluding hydrogens is 280 g/mol. The van der Waals surface area contributed by atoms with E-state index < -0.39 is 6.10 Å². The van der Waals surface area contributed by atoms with Crippen molar-refractivity contribution in [3.8, 4) is 5.75 Å². The van der Waals surface area contributed by atoms with Crippen LogP contribution in [-0.4, -0.2) is 54.8 Å². The predicted octanol–water partition coefficient (Wildman–Crippen LogP) is 1.50. The molecule has 1 amide bonds. The van der Waals surface area contributed by atoms with Crippen molar-refractivity contribution in [2.24, 2.45) is 0 Å². The van der Waals surface area contributed by atoms with Crippen LogP contribution in [-0.2, 0) is 4.79 Å². The highest BCUT2D eigenvalue weighted by Crippen LogP contribution is 2.18. The Bertz CT molecular complexity index is 489. The highest BCUT2D eigenvalue weighted by Gasteiger charge is 2.13. The summed E-state index contributed by atoms with van der Waals surface area (Å²) >= 11 is 0. The van der Waals surface area contributed by atoms with Crippen molar-refractivity contribution in [3.05, 3.63) is 29.3 Å². The predicted molar refractivity (Wildman–Crippen MR) is 88.2 cm³/mol. The first kappa shape index (κ1) is 18.5. The van der Waals surface area contributed by atoms with Crippen LogP contribution in [0.3, 0.4) is 0 Å². The molecule has 22 heavy (non-hydrogen) atoms. The van der Waals surface area contributed by atoms with Crippen LogP contribution in [0.25, 0.3) is 0 Å². The van der Waals surface area contributed by atoms with E-state index in [0.717, 1.165) is 11.3 Å². The van der Waals surface area contributed by atoms with Crippen molar-refractivity contribution >= 4 is 5.91 Å². The first-order valence-electron chi connectivity index (χ1n) is 7.64. The summed E-state index contributed by atoms with van der Waals surface area (Å²) in [5.74, 6) is 0.741. The molecule has 1 rings (SSSR count). The molecule has 0 aliphatic carbocycles. The van der Waals surface area contributed by atoms with Crippen molar-refractivity contribution < 1.29 is 14.6 Å². The van der Waals surface area contributed by atoms with Crippen molar-refractivity contribution in [2.45, 2.75) is 39.8 Å². The minimum Gasteiger partial charge on any atom is -0.491 e. The number of hydrogen-bond donors (Lipinski definition) is 2. The molecule has 1 aromatic carbocycles. The Morgan fingerprint density at radius 1 is 1.36 bits per heavy atom. The number of aliphatic hydroxyl groups is 1. The zero-order valence-corrected chi connectivity index (χ0v) is 14.2. The van der Waals surface area contributed by atoms with Crippen molar-refractivity contribution in [3.63, 3.8) is 0 Å². The second kappa shape index (κ2) is 8.76. The van der Waals surface area contributed by atoms with Gasteiger partial charge < -0.3 is 15.2 Å². The monoisotopic (exact) mass is 308 g/mol. The normalized spacial score (nSPS) is 12.5. The van der Waals surface area contributed by atoms with Gasteiger partial charge in [0.25, 0.3) is 0 Å². The minimum atomic E-state index is -0.641. The van der Waals surface area contributed by atoms with E-state index in [9.17, 15) is 9.90 Å². The summed E-state index contributed by atoms with van der Waals surface area (Å²) in [4.78, 5) is 13.4. The van der Waals surface area contributed by atoms with E-state index in [1.54, 1.807) is 11.9 Å². The van der Waals surface area contributed by atoms with Crippen molar-refractivity contribution in [2.75, 3.05) is 26.7 Å². The summed E-state index contributed by atoms with van der Waals surface area (Å²) in [6.07, 6.45) is -0.641. The minimum absolute atomic E-state index is 0.0417. The number of hydrogen-bond acceptors (Lipinski definition) is 4. The Morgan fingerprint density at radius 3 is 2.64 bits per heavy atom. The fourth-order valence-electron chi connectivity index (χ4n) is 2.24. The Hall–Kier alpha value is -1.59. The molecule has 124 valence electrons. The zero-order chi connectivity index (χ0) is 16.7. The first-order chi connectivity index (χ1) is 10.3. The van der Waals surface area contributed by atoms with Gasteiger partial charge in [0.1, 0.15) is 18.5 Å². The lowest BCUT2D eigenvalue weighted by Gasteiger charge is -2.21. The fraction of sp³-hybridized carbons (Fsp3) is 0.588. The molecule has 1 aromatic rings. The van der Waals surface area contributed by atoms with Gasteiger partial charge in [0.15, 0.2) is 0 Å². The topological polar surface area (TPSA) is 61.8 Å². The van der Waals surface area contributed by atoms with Crippen LogP contribution in [0.4, 0.5) is 0 Å². The molecule has 5 nitrogen and oxygen atoms in total. The van der Waals surface area contributed by atoms with Gasteiger partial charge in [-0.15, -0.1) is 0 Å². The lowest BCUT2D eigenvalue weighted by Crippen LogP contribution is -2.42. The van der Waals surface area contributed by atoms with Crippen LogP contribution in [0.2, 0.25) is 0 Å². The lowest BCUT2D eigenvalue weighted by molar-refractivity contribution is -0.122. The molecule has 0 bridgehead atoms. The van der Waals surface area contributed by atoms with E-state index >= 15 is 0 Å². The summed E-state index contributed by atoms with van der Waals surface area (Å²) in [7, 11) is 1.81. The van der Waals surface area contributed by atoms with Gasteiger partial charge >= 0.3 is 0 Å². The van der Waals surface area contributed by atoms with Gasteiger partial charge in [0.05, 0.1) is 6.54 Å². The number of carbonyl (C=O) groups excluding carboxylic acids is 1. The average molecular weight is 308 g/mol. The first-order valence-corrected chi connectivity index (χ1v) is 7.64. The third-order valence-corrected chi connectivity index (χ3v) is 3.15. The number of aliphatic hydroxyl groups excluding tert-OH is 1. The van der Waals surface area contributed by atoms with Crippen LogP contribution < -0.4 is 10.1 Å². The lowest BCUT2D eigenvalue weighted by atomic mass is 10.1. The van der Waals surface area contributed by atoms with E-state index in [0.29, 0.717) is 6.54 Å². The Labute approximate surface area is 133 Å². The third-order valence-electron chi connectivity index (χ3n) is 3.15. The summed E-state index contributed by atoms with van der Waals surface area (Å²) < 4.78 is 5.65. The summed E-state index contributed by atoms with van der Waals surface area (Å²) in [5, 5.41) is 12.8. The maximum atomic E-state index is 11.6. The highest BCUT2D eigenvalue weighted by molar-refractivity contribution is 5.78. The van der Waals surface area contributed by atoms with Gasteiger partial charge in [-0.05, 0) is 46.4 Å². The SMILES string of the molecule is Cc1ccc(OC[C@H](O)CN(C)CC(=O)NC(C)C)c(C)c1. The number of likely N-dealkylation sites (N-methyl/N-ethyl adjacent to an activating group) is 1. The van der Waals surface area contributed by atoms with Crippen molar-refractivity contribution in [1.29, 1.82) is 0 Å². The van der Waals surface area contributed by atoms with E-state index in [1.807, 2.05) is 45.9 Å². The van der Waals surface area contributed by atoms with Crippen LogP contribution in [0.1, 0.15) is 25.0 Å². The molecule has 0 saturated carbocycles. The van der Waals surface area contributed by atoms with Gasteiger partial charge in [0.2, 0.25) is 5.91 Å². The molecule has 0 fully saturated rings. The summed E-state index contributed by atoms with van der Waals surface area (Å²) in [6, 6.07) is 6.07. The molecular formula is C17H28N2O3. The average Bonchev–Trinajstić information content (AvgIpc) is 2.36. The molecule has 0 spiro atoms. The zero-order valence-electron chi connectivity index (χ0n) is 14.2. The van der Waals surface area contributed by atoms with Crippen molar-refractivity contribution in [1.82, 2.24) is 10.2 Å². The molecule has 0 heterocycles. The number of carbonyl (C=O) groups is 1. The molecule has 0 aromatic heterocycles. The second-order valence-corrected chi connectivity index (χ2v) is 6.15. The largest absolute Gasteiger partial charge is 0.491 e. The van der Waals surface area contributed by atoms with Crippen LogP contribution in [0.5, 0.6) is 5.75 Å². The summed E-state index contributed by atoms with van der Waals surface area (Å²) in [5.41, 5.74) is 2.23. The molecule has 0 unspecified atom stereocenters. The maximum absolute atomic E-state index is 11.6. The van der Waals surface area contributed by atoms with Gasteiger partial charge in [-0.3, -0.25) is 9.69 Å². The Kier molecular flexibility index (Phi) is 7.35. The standard InChI is InChI=1S/C17H28N2O3/c1-12(2)18-17(21)10-19(5)9-15(20)11-22-16-7-6-13(3)8-14(16)4/h6-8,12,15,20H,9-11H2,1-5H3,(H,18,21)/t15-/m1/s1. The van der Waals surface area contributed by atoms with Gasteiger partial charge in [-0.1, -0.05) is 17.7 Å². The highest BCUT2D eigenvalue weighted by atomic mass is 16.5. The van der Waals surface area contributed by atoms with Gasteiger partial charge in [0, 0.05) is 12.6 Å². The van der Waals surface area contributed by atoms with E-state index in [1.165, 1.54) is 5.56 Å². The van der Waals surface area contributed by atoms with Gasteiger partial charge in [-0.25, -0.2) is 0 Å². The number of nitrogens with one attached hydrogen (secondary N) is 1. The molecule has 0 aliphatic rings. The fourth-order valence-corrected chi connectivity index (χ4v) is 2.24. The van der Waals surface area contributed by atoms with E-state index in [2.05, 4.69) is 5.32 Å². The third kappa shape index (κ3) is 6.91. The summed E-state index contributed by atoms with van der Waals surface area (Å²) in [6.45, 7) is 8.71. The smallest absolute Gasteiger partial charge is 0.234 e. The quantitative estimate of drug-likeness (QED) is 0.764. The molecule has 5 heteroatoms. The van der Waals surface area contributed by atoms with E-state index in [4.69, 9.17) is 4.74 Å². The Morgan fingerprint density at radius 2 is 2.05 bits per heavy atom. The molecule has 1 atom stereocenters. The number of rotatable bonds is 8. The number of nitrogens with zero attached hydrogens (tertiary/aromatic N) is 1. The Balaban J connectivity index is 2.36. The maximum Gasteiger partial charge on any atom is 0.234 e. The second-order valence-electron chi connectivity index (χ2n) is 6.15. The number of ether oxygens (including phenoxy) is 1. The molecule has 2 N–H and O–H groups in total. The molecule has 0 aliphatic heterocycles. The van der Waals surface area contributed by atoms with Gasteiger partial charge in [-0.2, -0.15) is 0 Å². The number of aryl methyl sites for hydroxylation is 2. The molecule has 0 radical (unpaired) electrons. The van der Waals surface area contributed by atoms with Crippen LogP contribution >= 0.6 is 0 Å². The van der Waals surface area contributed by atoms with E-state index in [-0.39, 0.29) is 25.1 Å².